The van der Waals surface area contributed by atoms with Crippen LogP contribution < -0.4 is 10.5 Å². The van der Waals surface area contributed by atoms with Crippen molar-refractivity contribution in [3.05, 3.63) is 65.7 Å². The highest BCUT2D eigenvalue weighted by Gasteiger charge is 2.32. The third-order valence-corrected chi connectivity index (χ3v) is 3.01. The summed E-state index contributed by atoms with van der Waals surface area (Å²) >= 11 is 0. The van der Waals surface area contributed by atoms with E-state index >= 15 is 0 Å². The molecule has 0 saturated carbocycles. The summed E-state index contributed by atoms with van der Waals surface area (Å²) in [5.41, 5.74) is 6.46. The van der Waals surface area contributed by atoms with Gasteiger partial charge in [0.25, 0.3) is 0 Å². The van der Waals surface area contributed by atoms with Gasteiger partial charge in [0.1, 0.15) is 5.75 Å². The predicted octanol–water partition coefficient (Wildman–Crippen LogP) is 3.88. The molecular formula is C16H17F2NO. The van der Waals surface area contributed by atoms with Gasteiger partial charge < -0.3 is 10.5 Å². The highest BCUT2D eigenvalue weighted by Crippen LogP contribution is 2.30. The van der Waals surface area contributed by atoms with Crippen molar-refractivity contribution >= 4 is 0 Å². The van der Waals surface area contributed by atoms with Crippen LogP contribution in [-0.2, 0) is 5.92 Å². The van der Waals surface area contributed by atoms with Crippen LogP contribution in [-0.4, -0.2) is 6.61 Å². The number of para-hydroxylation sites is 1. The number of alkyl halides is 2. The first-order valence-electron chi connectivity index (χ1n) is 6.41. The van der Waals surface area contributed by atoms with E-state index < -0.39 is 12.5 Å². The molecule has 0 bridgehead atoms. The number of nitrogens with two attached hydrogens (primary N) is 1. The third-order valence-electron chi connectivity index (χ3n) is 3.01. The summed E-state index contributed by atoms with van der Waals surface area (Å²) in [5.74, 6) is -2.63. The van der Waals surface area contributed by atoms with E-state index in [0.29, 0.717) is 5.75 Å². The first-order chi connectivity index (χ1) is 9.50. The van der Waals surface area contributed by atoms with Gasteiger partial charge in [0, 0.05) is 17.2 Å². The molecule has 2 aromatic rings. The Balaban J connectivity index is 2.13. The van der Waals surface area contributed by atoms with E-state index in [1.54, 1.807) is 49.4 Å². The molecule has 2 nitrogen and oxygen atoms in total. The molecule has 0 aliphatic rings. The Kier molecular flexibility index (Phi) is 4.35. The number of hydrogen-bond acceptors (Lipinski definition) is 2. The summed E-state index contributed by atoms with van der Waals surface area (Å²) < 4.78 is 33.3. The van der Waals surface area contributed by atoms with E-state index in [0.717, 1.165) is 5.56 Å². The van der Waals surface area contributed by atoms with Crippen LogP contribution in [0.25, 0.3) is 0 Å². The second-order valence-electron chi connectivity index (χ2n) is 4.69. The van der Waals surface area contributed by atoms with E-state index in [1.165, 1.54) is 12.1 Å². The smallest absolute Gasteiger partial charge is 0.306 e. The number of benzene rings is 2. The summed E-state index contributed by atoms with van der Waals surface area (Å²) in [6, 6.07) is 14.4. The van der Waals surface area contributed by atoms with Gasteiger partial charge in [-0.2, -0.15) is 8.78 Å². The molecule has 0 radical (unpaired) electrons. The summed E-state index contributed by atoms with van der Waals surface area (Å²) in [4.78, 5) is 0. The minimum Gasteiger partial charge on any atom is -0.487 e. The Morgan fingerprint density at radius 1 is 1.05 bits per heavy atom. The van der Waals surface area contributed by atoms with Gasteiger partial charge in [-0.15, -0.1) is 0 Å². The summed E-state index contributed by atoms with van der Waals surface area (Å²) in [7, 11) is 0. The lowest BCUT2D eigenvalue weighted by Gasteiger charge is -2.19. The average molecular weight is 277 g/mol. The second-order valence-corrected chi connectivity index (χ2v) is 4.69. The van der Waals surface area contributed by atoms with E-state index in [1.807, 2.05) is 0 Å². The summed E-state index contributed by atoms with van der Waals surface area (Å²) in [5, 5.41) is 0. The SMILES string of the molecule is C[C@@H](N)c1ccccc1OCC(F)(F)c1ccccc1. The van der Waals surface area contributed by atoms with Crippen molar-refractivity contribution < 1.29 is 13.5 Å². The lowest BCUT2D eigenvalue weighted by Crippen LogP contribution is -2.23. The van der Waals surface area contributed by atoms with Crippen molar-refractivity contribution in [1.29, 1.82) is 0 Å². The van der Waals surface area contributed by atoms with Crippen LogP contribution in [0.3, 0.4) is 0 Å². The molecule has 2 N–H and O–H groups in total. The zero-order valence-corrected chi connectivity index (χ0v) is 11.2. The Bertz CT molecular complexity index is 555. The summed E-state index contributed by atoms with van der Waals surface area (Å²) in [6.45, 7) is 1.08. The van der Waals surface area contributed by atoms with Crippen LogP contribution in [0.2, 0.25) is 0 Å². The van der Waals surface area contributed by atoms with Crippen molar-refractivity contribution in [1.82, 2.24) is 0 Å². The monoisotopic (exact) mass is 277 g/mol. The van der Waals surface area contributed by atoms with Gasteiger partial charge in [0.15, 0.2) is 6.61 Å². The quantitative estimate of drug-likeness (QED) is 0.900. The summed E-state index contributed by atoms with van der Waals surface area (Å²) in [6.07, 6.45) is 0. The number of hydrogen-bond donors (Lipinski definition) is 1. The molecule has 0 saturated heterocycles. The van der Waals surface area contributed by atoms with Crippen molar-refractivity contribution in [2.45, 2.75) is 18.9 Å². The molecule has 0 heterocycles. The van der Waals surface area contributed by atoms with Crippen molar-refractivity contribution in [3.63, 3.8) is 0 Å². The molecule has 4 heteroatoms. The van der Waals surface area contributed by atoms with Gasteiger partial charge >= 0.3 is 5.92 Å². The molecule has 1 atom stereocenters. The van der Waals surface area contributed by atoms with Gasteiger partial charge in [0.05, 0.1) is 0 Å². The molecule has 2 aromatic carbocycles. The molecule has 0 unspecified atom stereocenters. The molecule has 0 aromatic heterocycles. The van der Waals surface area contributed by atoms with E-state index in [2.05, 4.69) is 0 Å². The zero-order chi connectivity index (χ0) is 14.6. The van der Waals surface area contributed by atoms with Crippen molar-refractivity contribution in [2.24, 2.45) is 5.73 Å². The predicted molar refractivity (Wildman–Crippen MR) is 74.9 cm³/mol. The van der Waals surface area contributed by atoms with Gasteiger partial charge in [-0.3, -0.25) is 0 Å². The minimum absolute atomic E-state index is 0.0571. The molecule has 0 aliphatic heterocycles. The van der Waals surface area contributed by atoms with Gasteiger partial charge in [0.2, 0.25) is 0 Å². The second kappa shape index (κ2) is 6.01. The topological polar surface area (TPSA) is 35.2 Å². The Morgan fingerprint density at radius 3 is 2.30 bits per heavy atom. The highest BCUT2D eigenvalue weighted by molar-refractivity contribution is 5.35. The maximum atomic E-state index is 14.0. The molecule has 0 fully saturated rings. The Labute approximate surface area is 117 Å². The van der Waals surface area contributed by atoms with Crippen LogP contribution in [0.4, 0.5) is 8.78 Å². The average Bonchev–Trinajstić information content (AvgIpc) is 2.46. The van der Waals surface area contributed by atoms with E-state index in [9.17, 15) is 8.78 Å². The Hall–Kier alpha value is -1.94. The van der Waals surface area contributed by atoms with Crippen LogP contribution in [0.5, 0.6) is 5.75 Å². The number of halogens is 2. The van der Waals surface area contributed by atoms with Crippen LogP contribution >= 0.6 is 0 Å². The number of ether oxygens (including phenoxy) is 1. The van der Waals surface area contributed by atoms with Gasteiger partial charge in [-0.25, -0.2) is 0 Å². The lowest BCUT2D eigenvalue weighted by atomic mass is 10.1. The highest BCUT2D eigenvalue weighted by atomic mass is 19.3. The normalized spacial score (nSPS) is 13.0. The standard InChI is InChI=1S/C16H17F2NO/c1-12(19)14-9-5-6-10-15(14)20-11-16(17,18)13-7-3-2-4-8-13/h2-10,12H,11,19H2,1H3/t12-/m1/s1. The fraction of sp³-hybridized carbons (Fsp3) is 0.250. The molecule has 20 heavy (non-hydrogen) atoms. The van der Waals surface area contributed by atoms with Crippen LogP contribution in [0, 0.1) is 0 Å². The lowest BCUT2D eigenvalue weighted by molar-refractivity contribution is -0.0469. The van der Waals surface area contributed by atoms with E-state index in [-0.39, 0.29) is 11.6 Å². The molecule has 0 spiro atoms. The van der Waals surface area contributed by atoms with Crippen LogP contribution in [0.15, 0.2) is 54.6 Å². The maximum Gasteiger partial charge on any atom is 0.306 e. The minimum atomic E-state index is -3.04. The fourth-order valence-corrected chi connectivity index (χ4v) is 1.92. The fourth-order valence-electron chi connectivity index (χ4n) is 1.92. The van der Waals surface area contributed by atoms with E-state index in [4.69, 9.17) is 10.5 Å². The first-order valence-corrected chi connectivity index (χ1v) is 6.41. The van der Waals surface area contributed by atoms with Gasteiger partial charge in [-0.05, 0) is 13.0 Å². The molecular weight excluding hydrogens is 260 g/mol. The van der Waals surface area contributed by atoms with Gasteiger partial charge in [-0.1, -0.05) is 48.5 Å². The molecule has 2 rings (SSSR count). The van der Waals surface area contributed by atoms with Crippen molar-refractivity contribution in [3.8, 4) is 5.75 Å². The van der Waals surface area contributed by atoms with Crippen LogP contribution in [0.1, 0.15) is 24.1 Å². The molecule has 0 amide bonds. The Morgan fingerprint density at radius 2 is 1.65 bits per heavy atom. The first kappa shape index (κ1) is 14.5. The molecule has 106 valence electrons. The third kappa shape index (κ3) is 3.33. The largest absolute Gasteiger partial charge is 0.487 e. The number of rotatable bonds is 5. The molecule has 0 aliphatic carbocycles. The van der Waals surface area contributed by atoms with Crippen molar-refractivity contribution in [2.75, 3.05) is 6.61 Å². The zero-order valence-electron chi connectivity index (χ0n) is 11.2. The maximum absolute atomic E-state index is 14.0.